The lowest BCUT2D eigenvalue weighted by Crippen LogP contribution is -2.07. The van der Waals surface area contributed by atoms with Gasteiger partial charge in [0.2, 0.25) is 0 Å². The summed E-state index contributed by atoms with van der Waals surface area (Å²) in [4.78, 5) is 10.3. The quantitative estimate of drug-likeness (QED) is 0.507. The summed E-state index contributed by atoms with van der Waals surface area (Å²) in [5, 5.41) is 8.46. The van der Waals surface area contributed by atoms with Gasteiger partial charge in [-0.15, -0.1) is 0 Å². The fourth-order valence-electron chi connectivity index (χ4n) is 2.79. The number of carboxylic acids is 1. The molecule has 3 N–H and O–H groups in total. The Kier molecular flexibility index (Phi) is 10.7. The number of nitrogens with two attached hydrogens (primary N) is 1. The van der Waals surface area contributed by atoms with Gasteiger partial charge in [0.15, 0.2) is 0 Å². The van der Waals surface area contributed by atoms with Gasteiger partial charge in [0.1, 0.15) is 6.61 Å². The van der Waals surface area contributed by atoms with Gasteiger partial charge in [-0.25, -0.2) is 4.79 Å². The van der Waals surface area contributed by atoms with Crippen molar-refractivity contribution in [1.82, 2.24) is 0 Å². The molecule has 1 aliphatic carbocycles. The van der Waals surface area contributed by atoms with E-state index in [-0.39, 0.29) is 6.61 Å². The molecule has 0 saturated heterocycles. The summed E-state index contributed by atoms with van der Waals surface area (Å²) >= 11 is 0. The van der Waals surface area contributed by atoms with Crippen molar-refractivity contribution < 1.29 is 14.6 Å². The van der Waals surface area contributed by atoms with Crippen LogP contribution in [0.4, 0.5) is 0 Å². The van der Waals surface area contributed by atoms with Crippen molar-refractivity contribution in [3.63, 3.8) is 0 Å². The third kappa shape index (κ3) is 9.00. The Morgan fingerprint density at radius 2 is 1.59 bits per heavy atom. The molecule has 0 aromatic rings. The molecule has 0 radical (unpaired) electrons. The molecule has 0 aromatic heterocycles. The van der Waals surface area contributed by atoms with Crippen LogP contribution in [0.5, 0.6) is 0 Å². The zero-order valence-electron chi connectivity index (χ0n) is 13.7. The summed E-state index contributed by atoms with van der Waals surface area (Å²) in [6.07, 6.45) is 16.3. The molecule has 22 heavy (non-hydrogen) atoms. The monoisotopic (exact) mass is 309 g/mol. The molecule has 0 unspecified atom stereocenters. The number of unbranched alkanes of at least 4 members (excludes halogenated alkanes) is 4. The van der Waals surface area contributed by atoms with E-state index in [4.69, 9.17) is 15.6 Å². The fraction of sp³-hybridized carbons (Fsp3) is 0.722. The predicted octanol–water partition coefficient (Wildman–Crippen LogP) is 3.81. The van der Waals surface area contributed by atoms with E-state index in [0.29, 0.717) is 6.61 Å². The van der Waals surface area contributed by atoms with Crippen molar-refractivity contribution in [2.75, 3.05) is 19.8 Å². The molecule has 0 spiro atoms. The Balaban J connectivity index is 2.08. The van der Waals surface area contributed by atoms with Gasteiger partial charge in [-0.2, -0.15) is 0 Å². The number of rotatable bonds is 13. The van der Waals surface area contributed by atoms with Gasteiger partial charge in [0.05, 0.1) is 0 Å². The van der Waals surface area contributed by atoms with Gasteiger partial charge in [-0.3, -0.25) is 0 Å². The number of carbonyl (C=O) groups is 1. The number of ether oxygens (including phenoxy) is 1. The third-order valence-electron chi connectivity index (χ3n) is 3.97. The Hall–Kier alpha value is -1.13. The van der Waals surface area contributed by atoms with Gasteiger partial charge in [-0.05, 0) is 69.1 Å². The normalized spacial score (nSPS) is 14.6. The van der Waals surface area contributed by atoms with Crippen LogP contribution in [0.25, 0.3) is 0 Å². The van der Waals surface area contributed by atoms with E-state index in [9.17, 15) is 4.79 Å². The third-order valence-corrected chi connectivity index (χ3v) is 3.97. The molecule has 0 aliphatic heterocycles. The number of allylic oxidation sites excluding steroid dienone is 4. The molecule has 0 saturated carbocycles. The van der Waals surface area contributed by atoms with Crippen LogP contribution in [0, 0.1) is 0 Å². The molecule has 4 heteroatoms. The zero-order chi connectivity index (χ0) is 16.0. The topological polar surface area (TPSA) is 72.5 Å². The van der Waals surface area contributed by atoms with Crippen LogP contribution >= 0.6 is 0 Å². The minimum Gasteiger partial charge on any atom is -0.480 e. The predicted molar refractivity (Wildman–Crippen MR) is 89.8 cm³/mol. The molecule has 4 nitrogen and oxygen atoms in total. The van der Waals surface area contributed by atoms with Crippen molar-refractivity contribution >= 4 is 5.97 Å². The average Bonchev–Trinajstić information content (AvgIpc) is 2.51. The summed E-state index contributed by atoms with van der Waals surface area (Å²) in [7, 11) is 0. The van der Waals surface area contributed by atoms with Crippen LogP contribution in [-0.4, -0.2) is 30.8 Å². The Labute approximate surface area is 134 Å². The standard InChI is InChI=1S/C18H31NO3/c19-13-7-6-12-17-11-5-4-10-16(17)9-3-1-2-8-14-22-15-18(20)21/h10-11H,1-9,12-15,19H2,(H,20,21). The Morgan fingerprint density at radius 1 is 1.00 bits per heavy atom. The smallest absolute Gasteiger partial charge is 0.329 e. The summed E-state index contributed by atoms with van der Waals surface area (Å²) < 4.78 is 5.03. The highest BCUT2D eigenvalue weighted by molar-refractivity contribution is 5.67. The first-order chi connectivity index (χ1) is 10.7. The van der Waals surface area contributed by atoms with E-state index < -0.39 is 5.97 Å². The highest BCUT2D eigenvalue weighted by atomic mass is 16.5. The minimum absolute atomic E-state index is 0.177. The van der Waals surface area contributed by atoms with E-state index >= 15 is 0 Å². The number of hydrogen-bond donors (Lipinski definition) is 2. The number of hydrogen-bond acceptors (Lipinski definition) is 3. The largest absolute Gasteiger partial charge is 0.480 e. The molecule has 0 heterocycles. The molecule has 0 fully saturated rings. The molecule has 0 aromatic carbocycles. The lowest BCUT2D eigenvalue weighted by Gasteiger charge is -2.16. The van der Waals surface area contributed by atoms with Crippen molar-refractivity contribution in [2.24, 2.45) is 5.73 Å². The van der Waals surface area contributed by atoms with Gasteiger partial charge < -0.3 is 15.6 Å². The first-order valence-corrected chi connectivity index (χ1v) is 8.62. The van der Waals surface area contributed by atoms with Crippen LogP contribution in [0.2, 0.25) is 0 Å². The maximum absolute atomic E-state index is 10.3. The first kappa shape index (κ1) is 18.9. The minimum atomic E-state index is -0.891. The van der Waals surface area contributed by atoms with Gasteiger partial charge >= 0.3 is 5.97 Å². The highest BCUT2D eigenvalue weighted by Gasteiger charge is 2.08. The van der Waals surface area contributed by atoms with E-state index in [1.807, 2.05) is 0 Å². The molecular weight excluding hydrogens is 278 g/mol. The summed E-state index contributed by atoms with van der Waals surface area (Å²) in [5.41, 5.74) is 8.66. The fourth-order valence-corrected chi connectivity index (χ4v) is 2.79. The summed E-state index contributed by atoms with van der Waals surface area (Å²) in [6, 6.07) is 0. The van der Waals surface area contributed by atoms with Gasteiger partial charge in [0.25, 0.3) is 0 Å². The maximum atomic E-state index is 10.3. The average molecular weight is 309 g/mol. The molecule has 1 aliphatic rings. The lowest BCUT2D eigenvalue weighted by molar-refractivity contribution is -0.142. The first-order valence-electron chi connectivity index (χ1n) is 8.62. The van der Waals surface area contributed by atoms with Crippen molar-refractivity contribution in [3.8, 4) is 0 Å². The van der Waals surface area contributed by atoms with E-state index in [0.717, 1.165) is 25.8 Å². The summed E-state index contributed by atoms with van der Waals surface area (Å²) in [6.45, 7) is 1.17. The maximum Gasteiger partial charge on any atom is 0.329 e. The second kappa shape index (κ2) is 12.4. The van der Waals surface area contributed by atoms with Crippen LogP contribution in [0.15, 0.2) is 23.3 Å². The van der Waals surface area contributed by atoms with Crippen LogP contribution in [0.3, 0.4) is 0 Å². The van der Waals surface area contributed by atoms with Gasteiger partial charge in [-0.1, -0.05) is 25.0 Å². The molecular formula is C18H31NO3. The molecule has 126 valence electrons. The molecule has 0 amide bonds. The van der Waals surface area contributed by atoms with Crippen LogP contribution < -0.4 is 5.73 Å². The number of carboxylic acid groups (broad SMARTS) is 1. The molecule has 0 bridgehead atoms. The SMILES string of the molecule is NCCCCC1=CCCC=C1CCCCCCOCC(=O)O. The van der Waals surface area contributed by atoms with E-state index in [2.05, 4.69) is 12.2 Å². The second-order valence-corrected chi connectivity index (χ2v) is 5.89. The Morgan fingerprint density at radius 3 is 2.18 bits per heavy atom. The van der Waals surface area contributed by atoms with Crippen LogP contribution in [-0.2, 0) is 9.53 Å². The highest BCUT2D eigenvalue weighted by Crippen LogP contribution is 2.27. The lowest BCUT2D eigenvalue weighted by atomic mass is 9.90. The van der Waals surface area contributed by atoms with Crippen molar-refractivity contribution in [3.05, 3.63) is 23.3 Å². The van der Waals surface area contributed by atoms with Crippen LogP contribution in [0.1, 0.15) is 64.2 Å². The van der Waals surface area contributed by atoms with E-state index in [1.54, 1.807) is 11.1 Å². The van der Waals surface area contributed by atoms with E-state index in [1.165, 1.54) is 44.9 Å². The Bertz CT molecular complexity index is 375. The number of aliphatic carboxylic acids is 1. The molecule has 1 rings (SSSR count). The van der Waals surface area contributed by atoms with Crippen molar-refractivity contribution in [2.45, 2.75) is 64.2 Å². The summed E-state index contributed by atoms with van der Waals surface area (Å²) in [5.74, 6) is -0.891. The molecule has 0 atom stereocenters. The van der Waals surface area contributed by atoms with Gasteiger partial charge in [0, 0.05) is 6.61 Å². The zero-order valence-corrected chi connectivity index (χ0v) is 13.7. The van der Waals surface area contributed by atoms with Crippen molar-refractivity contribution in [1.29, 1.82) is 0 Å². The second-order valence-electron chi connectivity index (χ2n) is 5.89.